The van der Waals surface area contributed by atoms with E-state index in [1.165, 1.54) is 22.0 Å². The van der Waals surface area contributed by atoms with Crippen molar-refractivity contribution in [2.75, 3.05) is 0 Å². The molecule has 0 aliphatic carbocycles. The van der Waals surface area contributed by atoms with Crippen LogP contribution in [0.1, 0.15) is 0 Å². The smallest absolute Gasteiger partial charge is 0.0234 e. The molecule has 0 heterocycles. The van der Waals surface area contributed by atoms with Gasteiger partial charge in [-0.2, -0.15) is 0 Å². The van der Waals surface area contributed by atoms with Crippen molar-refractivity contribution in [2.45, 2.75) is 9.79 Å². The molecule has 0 atom stereocenters. The summed E-state index contributed by atoms with van der Waals surface area (Å²) in [6.45, 7) is 0. The van der Waals surface area contributed by atoms with Crippen LogP contribution in [0, 0.1) is 0 Å². The Morgan fingerprint density at radius 2 is 1.10 bits per heavy atom. The summed E-state index contributed by atoms with van der Waals surface area (Å²) in [5, 5.41) is 0. The number of rotatable bonds is 2. The minimum atomic E-state index is 1.04. The second kappa shape index (κ2) is 4.39. The quantitative estimate of drug-likeness (QED) is 0.719. The zero-order chi connectivity index (χ0) is 7.40. The van der Waals surface area contributed by atoms with E-state index in [9.17, 15) is 0 Å². The number of hydrogen-bond acceptors (Lipinski definition) is 2. The van der Waals surface area contributed by atoms with Gasteiger partial charge in [0.25, 0.3) is 0 Å². The maximum Gasteiger partial charge on any atom is 0.0234 e. The molecule has 0 saturated heterocycles. The normalized spacial score (nSPS) is 9.80. The predicted molar refractivity (Wildman–Crippen MR) is 49.9 cm³/mol. The molecule has 0 amide bonds. The van der Waals surface area contributed by atoms with Crippen LogP contribution in [0.25, 0.3) is 0 Å². The third-order valence-corrected chi connectivity index (χ3v) is 2.97. The van der Waals surface area contributed by atoms with E-state index in [0.29, 0.717) is 0 Å². The Labute approximate surface area is 77.3 Å². The molecule has 0 N–H and O–H groups in total. The first kappa shape index (κ1) is 8.60. The topological polar surface area (TPSA) is 0 Å². The van der Waals surface area contributed by atoms with Gasteiger partial charge in [0.15, 0.2) is 0 Å². The first-order chi connectivity index (χ1) is 4.86. The monoisotopic (exact) mass is 210 g/mol. The van der Waals surface area contributed by atoms with Crippen molar-refractivity contribution in [3.05, 3.63) is 24.3 Å². The first-order valence-electron chi connectivity index (χ1n) is 2.54. The van der Waals surface area contributed by atoms with Crippen molar-refractivity contribution < 1.29 is 0 Å². The molecule has 0 aliphatic heterocycles. The van der Waals surface area contributed by atoms with E-state index in [0.717, 1.165) is 9.79 Å². The molecular weight excluding hydrogens is 207 g/mol. The van der Waals surface area contributed by atoms with E-state index in [2.05, 4.69) is 0 Å². The molecule has 0 radical (unpaired) electrons. The highest BCUT2D eigenvalue weighted by Gasteiger charge is 1.91. The Hall–Kier alpha value is 0.500. The second-order valence-corrected chi connectivity index (χ2v) is 3.80. The van der Waals surface area contributed by atoms with Crippen LogP contribution >= 0.6 is 43.3 Å². The summed E-state index contributed by atoms with van der Waals surface area (Å²) in [5.41, 5.74) is 0. The predicted octanol–water partition coefficient (Wildman–Crippen LogP) is 4.18. The molecule has 0 spiro atoms. The van der Waals surface area contributed by atoms with E-state index in [1.807, 2.05) is 24.3 Å². The minimum absolute atomic E-state index is 1.04. The molecule has 1 aromatic rings. The summed E-state index contributed by atoms with van der Waals surface area (Å²) in [5.74, 6) is 0. The van der Waals surface area contributed by atoms with E-state index in [-0.39, 0.29) is 0 Å². The molecule has 54 valence electrons. The number of hydrogen-bond donors (Lipinski definition) is 0. The summed E-state index contributed by atoms with van der Waals surface area (Å²) < 4.78 is 0. The van der Waals surface area contributed by atoms with E-state index in [1.54, 1.807) is 0 Å². The van der Waals surface area contributed by atoms with Crippen molar-refractivity contribution in [3.8, 4) is 0 Å². The van der Waals surface area contributed by atoms with Gasteiger partial charge in [0, 0.05) is 9.79 Å². The molecule has 1 rings (SSSR count). The second-order valence-electron chi connectivity index (χ2n) is 1.63. The summed E-state index contributed by atoms with van der Waals surface area (Å²) in [6.07, 6.45) is 0. The number of benzene rings is 1. The van der Waals surface area contributed by atoms with Gasteiger partial charge < -0.3 is 0 Å². The fourth-order valence-corrected chi connectivity index (χ4v) is 1.64. The molecule has 0 fully saturated rings. The minimum Gasteiger partial charge on any atom is -0.0462 e. The highest BCUT2D eigenvalue weighted by atomic mass is 35.7. The Kier molecular flexibility index (Phi) is 3.78. The summed E-state index contributed by atoms with van der Waals surface area (Å²) in [4.78, 5) is 2.08. The molecule has 0 aliphatic rings. The number of halogens is 2. The van der Waals surface area contributed by atoms with E-state index >= 15 is 0 Å². The van der Waals surface area contributed by atoms with Gasteiger partial charge in [0.2, 0.25) is 0 Å². The summed E-state index contributed by atoms with van der Waals surface area (Å²) in [6, 6.07) is 7.73. The van der Waals surface area contributed by atoms with Crippen molar-refractivity contribution in [2.24, 2.45) is 0 Å². The average Bonchev–Trinajstić information content (AvgIpc) is 2.05. The molecule has 0 bridgehead atoms. The Morgan fingerprint density at radius 1 is 0.800 bits per heavy atom. The lowest BCUT2D eigenvalue weighted by atomic mass is 10.4. The van der Waals surface area contributed by atoms with Gasteiger partial charge in [-0.25, -0.2) is 0 Å². The molecule has 0 unspecified atom stereocenters. The van der Waals surface area contributed by atoms with Gasteiger partial charge >= 0.3 is 0 Å². The van der Waals surface area contributed by atoms with Crippen LogP contribution in [-0.4, -0.2) is 0 Å². The van der Waals surface area contributed by atoms with Gasteiger partial charge in [-0.1, -0.05) is 0 Å². The lowest BCUT2D eigenvalue weighted by molar-refractivity contribution is 1.37. The highest BCUT2D eigenvalue weighted by Crippen LogP contribution is 2.26. The molecular formula is C6H4Cl2S2. The lowest BCUT2D eigenvalue weighted by Gasteiger charge is -1.94. The van der Waals surface area contributed by atoms with Crippen LogP contribution in [0.2, 0.25) is 0 Å². The maximum absolute atomic E-state index is 5.50. The van der Waals surface area contributed by atoms with Crippen molar-refractivity contribution >= 4 is 43.3 Å². The van der Waals surface area contributed by atoms with Gasteiger partial charge in [-0.15, -0.1) is 0 Å². The summed E-state index contributed by atoms with van der Waals surface area (Å²) >= 11 is 0. The van der Waals surface area contributed by atoms with Crippen molar-refractivity contribution in [3.63, 3.8) is 0 Å². The zero-order valence-electron chi connectivity index (χ0n) is 4.88. The molecule has 0 aromatic heterocycles. The molecule has 10 heavy (non-hydrogen) atoms. The summed E-state index contributed by atoms with van der Waals surface area (Å²) in [7, 11) is 13.4. The highest BCUT2D eigenvalue weighted by molar-refractivity contribution is 8.21. The molecule has 4 heteroatoms. The average molecular weight is 211 g/mol. The van der Waals surface area contributed by atoms with Crippen LogP contribution < -0.4 is 0 Å². The van der Waals surface area contributed by atoms with E-state index < -0.39 is 0 Å². The van der Waals surface area contributed by atoms with Crippen LogP contribution in [-0.2, 0) is 0 Å². The van der Waals surface area contributed by atoms with Crippen LogP contribution in [0.4, 0.5) is 0 Å². The van der Waals surface area contributed by atoms with Crippen LogP contribution in [0.5, 0.6) is 0 Å². The molecule has 0 saturated carbocycles. The fourth-order valence-electron chi connectivity index (χ4n) is 0.543. The Bertz CT molecular complexity index is 174. The van der Waals surface area contributed by atoms with E-state index in [4.69, 9.17) is 21.4 Å². The van der Waals surface area contributed by atoms with Crippen molar-refractivity contribution in [1.29, 1.82) is 0 Å². The Morgan fingerprint density at radius 3 is 1.30 bits per heavy atom. The van der Waals surface area contributed by atoms with Gasteiger partial charge in [-0.3, -0.25) is 0 Å². The van der Waals surface area contributed by atoms with Gasteiger partial charge in [0.05, 0.1) is 0 Å². The van der Waals surface area contributed by atoms with Gasteiger partial charge in [-0.05, 0) is 67.6 Å². The molecule has 1 aromatic carbocycles. The SMILES string of the molecule is ClSc1ccc(SCl)cc1. The fraction of sp³-hybridized carbons (Fsp3) is 0. The van der Waals surface area contributed by atoms with Gasteiger partial charge in [0.1, 0.15) is 0 Å². The van der Waals surface area contributed by atoms with Crippen LogP contribution in [0.3, 0.4) is 0 Å². The van der Waals surface area contributed by atoms with Crippen LogP contribution in [0.15, 0.2) is 34.1 Å². The maximum atomic E-state index is 5.50. The first-order valence-corrected chi connectivity index (χ1v) is 5.82. The third-order valence-electron chi connectivity index (χ3n) is 1.00. The zero-order valence-corrected chi connectivity index (χ0v) is 8.03. The lowest BCUT2D eigenvalue weighted by Crippen LogP contribution is -1.66. The van der Waals surface area contributed by atoms with Crippen molar-refractivity contribution in [1.82, 2.24) is 0 Å². The molecule has 0 nitrogen and oxygen atoms in total. The third kappa shape index (κ3) is 2.27. The standard InChI is InChI=1S/C6H4Cl2S2/c7-9-5-1-2-6(10-8)4-3-5/h1-4H. The largest absolute Gasteiger partial charge is 0.0462 e. The Balaban J connectivity index is 2.80.